The lowest BCUT2D eigenvalue weighted by Gasteiger charge is -2.34. The molecule has 0 saturated carbocycles. The van der Waals surface area contributed by atoms with Crippen molar-refractivity contribution in [2.45, 2.75) is 25.5 Å². The maximum absolute atomic E-state index is 13.3. The molecule has 1 heterocycles. The summed E-state index contributed by atoms with van der Waals surface area (Å²) in [5.41, 5.74) is 2.47. The van der Waals surface area contributed by atoms with Crippen LogP contribution in [0, 0.1) is 0 Å². The lowest BCUT2D eigenvalue weighted by atomic mass is 10.1. The lowest BCUT2D eigenvalue weighted by molar-refractivity contribution is -0.147. The van der Waals surface area contributed by atoms with Crippen LogP contribution in [-0.2, 0) is 27.4 Å². The Morgan fingerprint density at radius 1 is 0.914 bits per heavy atom. The van der Waals surface area contributed by atoms with E-state index < -0.39 is 12.0 Å². The summed E-state index contributed by atoms with van der Waals surface area (Å²) in [5.74, 6) is -0.646. The number of nitrogens with one attached hydrogen (secondary N) is 1. The van der Waals surface area contributed by atoms with Crippen molar-refractivity contribution in [2.75, 3.05) is 19.7 Å². The summed E-state index contributed by atoms with van der Waals surface area (Å²) in [6.45, 7) is 1.23. The van der Waals surface area contributed by atoms with E-state index in [0.717, 1.165) is 11.1 Å². The molecular formula is C28H28N2O5. The molecule has 4 rings (SSSR count). The van der Waals surface area contributed by atoms with Crippen molar-refractivity contribution in [1.29, 1.82) is 0 Å². The summed E-state index contributed by atoms with van der Waals surface area (Å²) in [5, 5.41) is 2.74. The van der Waals surface area contributed by atoms with Crippen LogP contribution in [0.2, 0.25) is 0 Å². The van der Waals surface area contributed by atoms with Gasteiger partial charge in [0, 0.05) is 25.1 Å². The molecule has 2 amide bonds. The van der Waals surface area contributed by atoms with Crippen molar-refractivity contribution in [1.82, 2.24) is 10.2 Å². The molecule has 0 aromatic heterocycles. The topological polar surface area (TPSA) is 84.9 Å². The molecule has 180 valence electrons. The SMILES string of the molecule is O=C(CC1C(=O)NCCN1C(=O)c1cccc(OCc2ccccc2)c1)OCCc1ccccc1. The molecule has 0 aliphatic carbocycles. The first kappa shape index (κ1) is 24.0. The van der Waals surface area contributed by atoms with Gasteiger partial charge in [0.2, 0.25) is 5.91 Å². The van der Waals surface area contributed by atoms with Gasteiger partial charge in [0.1, 0.15) is 18.4 Å². The maximum atomic E-state index is 13.3. The molecule has 1 aliphatic rings. The van der Waals surface area contributed by atoms with Gasteiger partial charge in [-0.25, -0.2) is 0 Å². The van der Waals surface area contributed by atoms with Gasteiger partial charge in [0.15, 0.2) is 0 Å². The van der Waals surface area contributed by atoms with Gasteiger partial charge < -0.3 is 19.7 Å². The fourth-order valence-corrected chi connectivity index (χ4v) is 3.93. The zero-order valence-electron chi connectivity index (χ0n) is 19.4. The maximum Gasteiger partial charge on any atom is 0.308 e. The Labute approximate surface area is 204 Å². The second-order valence-electron chi connectivity index (χ2n) is 8.27. The number of benzene rings is 3. The Morgan fingerprint density at radius 2 is 1.63 bits per heavy atom. The highest BCUT2D eigenvalue weighted by Crippen LogP contribution is 2.20. The van der Waals surface area contributed by atoms with Gasteiger partial charge in [0.05, 0.1) is 13.0 Å². The average Bonchev–Trinajstić information content (AvgIpc) is 2.90. The molecule has 1 atom stereocenters. The highest BCUT2D eigenvalue weighted by atomic mass is 16.5. The standard InChI is InChI=1S/C28H28N2O5/c31-26(34-17-14-21-8-3-1-4-9-21)19-25-27(32)29-15-16-30(25)28(33)23-12-7-13-24(18-23)35-20-22-10-5-2-6-11-22/h1-13,18,25H,14-17,19-20H2,(H,29,32). The van der Waals surface area contributed by atoms with Crippen LogP contribution in [0.4, 0.5) is 0 Å². The minimum atomic E-state index is -0.922. The number of carbonyl (C=O) groups is 3. The zero-order chi connectivity index (χ0) is 24.5. The molecule has 1 aliphatic heterocycles. The van der Waals surface area contributed by atoms with E-state index in [1.54, 1.807) is 24.3 Å². The molecule has 1 N–H and O–H groups in total. The van der Waals surface area contributed by atoms with Crippen LogP contribution in [0.15, 0.2) is 84.9 Å². The van der Waals surface area contributed by atoms with Crippen molar-refractivity contribution in [3.8, 4) is 5.75 Å². The number of carbonyl (C=O) groups excluding carboxylic acids is 3. The number of hydrogen-bond donors (Lipinski definition) is 1. The molecule has 1 fully saturated rings. The van der Waals surface area contributed by atoms with Crippen molar-refractivity contribution in [3.63, 3.8) is 0 Å². The second-order valence-corrected chi connectivity index (χ2v) is 8.27. The van der Waals surface area contributed by atoms with Crippen LogP contribution >= 0.6 is 0 Å². The van der Waals surface area contributed by atoms with E-state index in [1.807, 2.05) is 60.7 Å². The first-order valence-corrected chi connectivity index (χ1v) is 11.6. The Bertz CT molecular complexity index is 1150. The van der Waals surface area contributed by atoms with Gasteiger partial charge in [0.25, 0.3) is 5.91 Å². The number of esters is 1. The smallest absolute Gasteiger partial charge is 0.308 e. The van der Waals surface area contributed by atoms with Crippen molar-refractivity contribution in [3.05, 3.63) is 102 Å². The number of hydrogen-bond acceptors (Lipinski definition) is 5. The Kier molecular flexibility index (Phi) is 8.12. The van der Waals surface area contributed by atoms with Crippen LogP contribution in [0.5, 0.6) is 5.75 Å². The summed E-state index contributed by atoms with van der Waals surface area (Å²) in [6, 6.07) is 25.4. The third-order valence-electron chi connectivity index (χ3n) is 5.78. The zero-order valence-corrected chi connectivity index (χ0v) is 19.4. The van der Waals surface area contributed by atoms with Gasteiger partial charge in [-0.2, -0.15) is 0 Å². The molecule has 0 radical (unpaired) electrons. The highest BCUT2D eigenvalue weighted by Gasteiger charge is 2.35. The fraction of sp³-hybridized carbons (Fsp3) is 0.250. The fourth-order valence-electron chi connectivity index (χ4n) is 3.93. The van der Waals surface area contributed by atoms with E-state index in [-0.39, 0.29) is 24.8 Å². The van der Waals surface area contributed by atoms with E-state index in [4.69, 9.17) is 9.47 Å². The van der Waals surface area contributed by atoms with E-state index >= 15 is 0 Å². The molecule has 1 unspecified atom stereocenters. The van der Waals surface area contributed by atoms with Crippen LogP contribution in [0.1, 0.15) is 27.9 Å². The normalized spacial score (nSPS) is 15.3. The van der Waals surface area contributed by atoms with Crippen molar-refractivity contribution < 1.29 is 23.9 Å². The van der Waals surface area contributed by atoms with Crippen LogP contribution in [0.3, 0.4) is 0 Å². The largest absolute Gasteiger partial charge is 0.489 e. The molecule has 3 aromatic carbocycles. The summed E-state index contributed by atoms with van der Waals surface area (Å²) >= 11 is 0. The summed E-state index contributed by atoms with van der Waals surface area (Å²) in [7, 11) is 0. The molecule has 1 saturated heterocycles. The Morgan fingerprint density at radius 3 is 2.37 bits per heavy atom. The van der Waals surface area contributed by atoms with E-state index in [1.165, 1.54) is 4.90 Å². The number of nitrogens with zero attached hydrogens (tertiary/aromatic N) is 1. The monoisotopic (exact) mass is 472 g/mol. The summed E-state index contributed by atoms with van der Waals surface area (Å²) in [4.78, 5) is 39.8. The third kappa shape index (κ3) is 6.69. The Hall–Kier alpha value is -4.13. The van der Waals surface area contributed by atoms with E-state index in [9.17, 15) is 14.4 Å². The van der Waals surface area contributed by atoms with Crippen LogP contribution < -0.4 is 10.1 Å². The number of ether oxygens (including phenoxy) is 2. The van der Waals surface area contributed by atoms with E-state index in [2.05, 4.69) is 5.32 Å². The molecule has 7 heteroatoms. The number of piperazine rings is 1. The average molecular weight is 473 g/mol. The second kappa shape index (κ2) is 11.8. The Balaban J connectivity index is 1.37. The first-order chi connectivity index (χ1) is 17.1. The summed E-state index contributed by atoms with van der Waals surface area (Å²) in [6.07, 6.45) is 0.387. The molecule has 7 nitrogen and oxygen atoms in total. The quantitative estimate of drug-likeness (QED) is 0.483. The van der Waals surface area contributed by atoms with Gasteiger partial charge in [-0.05, 0) is 29.3 Å². The van der Waals surface area contributed by atoms with Crippen molar-refractivity contribution >= 4 is 17.8 Å². The predicted octanol–water partition coefficient (Wildman–Crippen LogP) is 3.38. The van der Waals surface area contributed by atoms with Crippen LogP contribution in [0.25, 0.3) is 0 Å². The van der Waals surface area contributed by atoms with Crippen molar-refractivity contribution in [2.24, 2.45) is 0 Å². The molecule has 0 spiro atoms. The summed E-state index contributed by atoms with van der Waals surface area (Å²) < 4.78 is 11.2. The minimum Gasteiger partial charge on any atom is -0.489 e. The van der Waals surface area contributed by atoms with Gasteiger partial charge in [-0.15, -0.1) is 0 Å². The minimum absolute atomic E-state index is 0.198. The first-order valence-electron chi connectivity index (χ1n) is 11.6. The van der Waals surface area contributed by atoms with Gasteiger partial charge >= 0.3 is 5.97 Å². The molecule has 35 heavy (non-hydrogen) atoms. The lowest BCUT2D eigenvalue weighted by Crippen LogP contribution is -2.57. The third-order valence-corrected chi connectivity index (χ3v) is 5.78. The number of rotatable bonds is 9. The van der Waals surface area contributed by atoms with Gasteiger partial charge in [-0.1, -0.05) is 66.7 Å². The molecule has 0 bridgehead atoms. The predicted molar refractivity (Wildman–Crippen MR) is 131 cm³/mol. The number of amides is 2. The van der Waals surface area contributed by atoms with Crippen LogP contribution in [-0.4, -0.2) is 48.4 Å². The highest BCUT2D eigenvalue weighted by molar-refractivity contribution is 5.99. The molecular weight excluding hydrogens is 444 g/mol. The van der Waals surface area contributed by atoms with E-state index in [0.29, 0.717) is 37.4 Å². The van der Waals surface area contributed by atoms with Gasteiger partial charge in [-0.3, -0.25) is 14.4 Å². The molecule has 3 aromatic rings.